The maximum absolute atomic E-state index is 12.7. The summed E-state index contributed by atoms with van der Waals surface area (Å²) in [6.45, 7) is 1.62. The Kier molecular flexibility index (Phi) is 3.44. The Labute approximate surface area is 98.3 Å². The Morgan fingerprint density at radius 2 is 1.76 bits per heavy atom. The molecule has 0 saturated carbocycles. The summed E-state index contributed by atoms with van der Waals surface area (Å²) in [6.07, 6.45) is -4.69. The summed E-state index contributed by atoms with van der Waals surface area (Å²) >= 11 is 0. The van der Waals surface area contributed by atoms with E-state index < -0.39 is 36.3 Å². The summed E-state index contributed by atoms with van der Waals surface area (Å²) in [5.74, 6) is -0.401. The van der Waals surface area contributed by atoms with Crippen molar-refractivity contribution in [2.24, 2.45) is 0 Å². The molecule has 4 nitrogen and oxygen atoms in total. The average Bonchev–Trinajstić information content (AvgIpc) is 2.57. The number of rotatable bonds is 2. The molecule has 5 heteroatoms. The van der Waals surface area contributed by atoms with Crippen LogP contribution in [0.25, 0.3) is 0 Å². The van der Waals surface area contributed by atoms with E-state index >= 15 is 0 Å². The predicted molar refractivity (Wildman–Crippen MR) is 57.7 cm³/mol. The molecule has 0 bridgehead atoms. The van der Waals surface area contributed by atoms with Gasteiger partial charge in [-0.3, -0.25) is 0 Å². The molecule has 2 rings (SSSR count). The molecule has 1 aliphatic heterocycles. The standard InChI is InChI=1S/C12H15FO4/c1-6-9(14)11(16)12(17-6)10(15)7-2-4-8(13)5-3-7/h2-6,9-12,14-16H,1H3/t6-,9-,10+,11-,12+/m0/s1. The fourth-order valence-corrected chi connectivity index (χ4v) is 1.99. The smallest absolute Gasteiger partial charge is 0.123 e. The van der Waals surface area contributed by atoms with Crippen LogP contribution in [0.3, 0.4) is 0 Å². The van der Waals surface area contributed by atoms with Crippen molar-refractivity contribution < 1.29 is 24.4 Å². The molecule has 17 heavy (non-hydrogen) atoms. The van der Waals surface area contributed by atoms with Gasteiger partial charge in [-0.2, -0.15) is 0 Å². The van der Waals surface area contributed by atoms with Gasteiger partial charge in [0.15, 0.2) is 0 Å². The van der Waals surface area contributed by atoms with Gasteiger partial charge < -0.3 is 20.1 Å². The Morgan fingerprint density at radius 3 is 2.24 bits per heavy atom. The normalized spacial score (nSPS) is 34.9. The summed E-state index contributed by atoms with van der Waals surface area (Å²) in [5.41, 5.74) is 0.441. The van der Waals surface area contributed by atoms with Crippen LogP contribution >= 0.6 is 0 Å². The lowest BCUT2D eigenvalue weighted by Crippen LogP contribution is -2.34. The van der Waals surface area contributed by atoms with E-state index in [1.165, 1.54) is 24.3 Å². The number of aliphatic hydroxyl groups is 3. The van der Waals surface area contributed by atoms with Crippen molar-refractivity contribution in [1.82, 2.24) is 0 Å². The molecule has 0 amide bonds. The monoisotopic (exact) mass is 242 g/mol. The highest BCUT2D eigenvalue weighted by Gasteiger charge is 2.44. The fourth-order valence-electron chi connectivity index (χ4n) is 1.99. The number of benzene rings is 1. The van der Waals surface area contributed by atoms with Gasteiger partial charge in [0, 0.05) is 0 Å². The molecule has 1 aromatic rings. The maximum Gasteiger partial charge on any atom is 0.123 e. The van der Waals surface area contributed by atoms with Crippen LogP contribution in [0, 0.1) is 5.82 Å². The summed E-state index contributed by atoms with van der Waals surface area (Å²) in [4.78, 5) is 0. The van der Waals surface area contributed by atoms with E-state index in [0.29, 0.717) is 5.56 Å². The van der Waals surface area contributed by atoms with Gasteiger partial charge in [0.2, 0.25) is 0 Å². The first-order valence-corrected chi connectivity index (χ1v) is 5.46. The average molecular weight is 242 g/mol. The Morgan fingerprint density at radius 1 is 1.18 bits per heavy atom. The van der Waals surface area contributed by atoms with Crippen molar-refractivity contribution in [1.29, 1.82) is 0 Å². The molecule has 1 saturated heterocycles. The molecule has 0 unspecified atom stereocenters. The molecule has 0 spiro atoms. The van der Waals surface area contributed by atoms with Gasteiger partial charge in [-0.05, 0) is 24.6 Å². The van der Waals surface area contributed by atoms with E-state index in [0.717, 1.165) is 0 Å². The van der Waals surface area contributed by atoms with Crippen LogP contribution in [0.5, 0.6) is 0 Å². The second-order valence-corrected chi connectivity index (χ2v) is 4.28. The number of hydrogen-bond acceptors (Lipinski definition) is 4. The van der Waals surface area contributed by atoms with Crippen molar-refractivity contribution in [3.05, 3.63) is 35.6 Å². The van der Waals surface area contributed by atoms with Crippen LogP contribution in [0.1, 0.15) is 18.6 Å². The number of hydrogen-bond donors (Lipinski definition) is 3. The number of halogens is 1. The molecule has 1 fully saturated rings. The minimum atomic E-state index is -1.15. The van der Waals surface area contributed by atoms with E-state index in [9.17, 15) is 19.7 Å². The van der Waals surface area contributed by atoms with Gasteiger partial charge in [0.25, 0.3) is 0 Å². The topological polar surface area (TPSA) is 69.9 Å². The zero-order chi connectivity index (χ0) is 12.6. The van der Waals surface area contributed by atoms with Crippen LogP contribution in [0.15, 0.2) is 24.3 Å². The van der Waals surface area contributed by atoms with Crippen molar-refractivity contribution in [3.8, 4) is 0 Å². The summed E-state index contributed by atoms with van der Waals surface area (Å²) < 4.78 is 18.0. The summed E-state index contributed by atoms with van der Waals surface area (Å²) in [7, 11) is 0. The van der Waals surface area contributed by atoms with Gasteiger partial charge >= 0.3 is 0 Å². The zero-order valence-electron chi connectivity index (χ0n) is 9.32. The molecular weight excluding hydrogens is 227 g/mol. The minimum Gasteiger partial charge on any atom is -0.388 e. The minimum absolute atomic E-state index is 0.401. The Balaban J connectivity index is 2.15. The van der Waals surface area contributed by atoms with Crippen LogP contribution in [-0.2, 0) is 4.74 Å². The van der Waals surface area contributed by atoms with E-state index in [4.69, 9.17) is 4.74 Å². The van der Waals surface area contributed by atoms with E-state index in [2.05, 4.69) is 0 Å². The third-order valence-corrected chi connectivity index (χ3v) is 3.06. The SMILES string of the molecule is C[C@@H]1O[C@H]([C@H](O)c2ccc(F)cc2)[C@@H](O)[C@H]1O. The van der Waals surface area contributed by atoms with Crippen LogP contribution in [0.2, 0.25) is 0 Å². The second kappa shape index (κ2) is 4.70. The summed E-state index contributed by atoms with van der Waals surface area (Å²) in [6, 6.07) is 5.29. The first kappa shape index (κ1) is 12.4. The molecule has 1 aromatic carbocycles. The third-order valence-electron chi connectivity index (χ3n) is 3.06. The molecular formula is C12H15FO4. The van der Waals surface area contributed by atoms with Gasteiger partial charge in [-0.15, -0.1) is 0 Å². The Hall–Kier alpha value is -1.01. The van der Waals surface area contributed by atoms with E-state index in [1.807, 2.05) is 0 Å². The van der Waals surface area contributed by atoms with Crippen molar-refractivity contribution >= 4 is 0 Å². The van der Waals surface area contributed by atoms with Crippen molar-refractivity contribution in [3.63, 3.8) is 0 Å². The van der Waals surface area contributed by atoms with Crippen molar-refractivity contribution in [2.75, 3.05) is 0 Å². The molecule has 1 heterocycles. The zero-order valence-corrected chi connectivity index (χ0v) is 9.32. The highest BCUT2D eigenvalue weighted by molar-refractivity contribution is 5.20. The largest absolute Gasteiger partial charge is 0.388 e. The second-order valence-electron chi connectivity index (χ2n) is 4.28. The molecule has 3 N–H and O–H groups in total. The molecule has 1 aliphatic rings. The first-order chi connectivity index (χ1) is 8.00. The third kappa shape index (κ3) is 2.32. The highest BCUT2D eigenvalue weighted by Crippen LogP contribution is 2.30. The van der Waals surface area contributed by atoms with Crippen LogP contribution in [0.4, 0.5) is 4.39 Å². The van der Waals surface area contributed by atoms with E-state index in [-0.39, 0.29) is 0 Å². The van der Waals surface area contributed by atoms with Gasteiger partial charge in [-0.1, -0.05) is 12.1 Å². The van der Waals surface area contributed by atoms with Crippen molar-refractivity contribution in [2.45, 2.75) is 37.4 Å². The molecule has 5 atom stereocenters. The quantitative estimate of drug-likeness (QED) is 0.700. The van der Waals surface area contributed by atoms with Gasteiger partial charge in [0.05, 0.1) is 6.10 Å². The Bertz CT molecular complexity index is 381. The maximum atomic E-state index is 12.7. The predicted octanol–water partition coefficient (Wildman–Crippen LogP) is 0.368. The van der Waals surface area contributed by atoms with Crippen LogP contribution in [-0.4, -0.2) is 39.7 Å². The first-order valence-electron chi connectivity index (χ1n) is 5.46. The lowest BCUT2D eigenvalue weighted by Gasteiger charge is -2.21. The van der Waals surface area contributed by atoms with Crippen LogP contribution < -0.4 is 0 Å². The molecule has 0 radical (unpaired) electrons. The number of ether oxygens (including phenoxy) is 1. The number of aliphatic hydroxyl groups excluding tert-OH is 3. The lowest BCUT2D eigenvalue weighted by molar-refractivity contribution is -0.0635. The lowest BCUT2D eigenvalue weighted by atomic mass is 9.99. The fraction of sp³-hybridized carbons (Fsp3) is 0.500. The molecule has 0 aliphatic carbocycles. The highest BCUT2D eigenvalue weighted by atomic mass is 19.1. The molecule has 0 aromatic heterocycles. The van der Waals surface area contributed by atoms with Gasteiger partial charge in [0.1, 0.15) is 30.2 Å². The van der Waals surface area contributed by atoms with E-state index in [1.54, 1.807) is 6.92 Å². The van der Waals surface area contributed by atoms with Gasteiger partial charge in [-0.25, -0.2) is 4.39 Å². The summed E-state index contributed by atoms with van der Waals surface area (Å²) in [5, 5.41) is 29.2. The molecule has 94 valence electrons.